The van der Waals surface area contributed by atoms with Crippen LogP contribution >= 0.6 is 0 Å². The first-order chi connectivity index (χ1) is 16.6. The van der Waals surface area contributed by atoms with Gasteiger partial charge in [0.05, 0.1) is 5.92 Å². The highest BCUT2D eigenvalue weighted by Crippen LogP contribution is 2.35. The molecule has 0 radical (unpaired) electrons. The van der Waals surface area contributed by atoms with Crippen molar-refractivity contribution in [3.8, 4) is 0 Å². The SMILES string of the molecule is O=C(O)C1CCN(Cc2ccc(N3CCN(c4cccc(C5CCCCC5)c4)C3=O)cc2)CC1. The maximum atomic E-state index is 13.3. The van der Waals surface area contributed by atoms with Crippen molar-refractivity contribution in [3.63, 3.8) is 0 Å². The molecule has 0 unspecified atom stereocenters. The Morgan fingerprint density at radius 2 is 1.50 bits per heavy atom. The van der Waals surface area contributed by atoms with Gasteiger partial charge in [-0.15, -0.1) is 0 Å². The Hall–Kier alpha value is -2.86. The van der Waals surface area contributed by atoms with Gasteiger partial charge in [0.15, 0.2) is 0 Å². The minimum absolute atomic E-state index is 0.0456. The molecule has 0 atom stereocenters. The summed E-state index contributed by atoms with van der Waals surface area (Å²) in [6, 6.07) is 16.9. The van der Waals surface area contributed by atoms with E-state index < -0.39 is 5.97 Å². The molecule has 180 valence electrons. The number of aliphatic carboxylic acids is 1. The summed E-state index contributed by atoms with van der Waals surface area (Å²) >= 11 is 0. The predicted molar refractivity (Wildman–Crippen MR) is 134 cm³/mol. The Morgan fingerprint density at radius 3 is 2.18 bits per heavy atom. The molecule has 0 bridgehead atoms. The van der Waals surface area contributed by atoms with E-state index in [1.54, 1.807) is 0 Å². The van der Waals surface area contributed by atoms with Gasteiger partial charge in [0.25, 0.3) is 0 Å². The van der Waals surface area contributed by atoms with Gasteiger partial charge in [0.2, 0.25) is 0 Å². The summed E-state index contributed by atoms with van der Waals surface area (Å²) in [5, 5.41) is 9.18. The summed E-state index contributed by atoms with van der Waals surface area (Å²) in [7, 11) is 0. The van der Waals surface area contributed by atoms with Crippen LogP contribution in [0.2, 0.25) is 0 Å². The second-order valence-electron chi connectivity index (χ2n) is 10.1. The summed E-state index contributed by atoms with van der Waals surface area (Å²) < 4.78 is 0. The number of carbonyl (C=O) groups excluding carboxylic acids is 1. The lowest BCUT2D eigenvalue weighted by molar-refractivity contribution is -0.143. The highest BCUT2D eigenvalue weighted by atomic mass is 16.4. The van der Waals surface area contributed by atoms with Gasteiger partial charge in [0, 0.05) is 31.0 Å². The fourth-order valence-electron chi connectivity index (χ4n) is 5.78. The highest BCUT2D eigenvalue weighted by Gasteiger charge is 2.31. The quantitative estimate of drug-likeness (QED) is 0.619. The number of carbonyl (C=O) groups is 2. The molecule has 2 heterocycles. The molecule has 34 heavy (non-hydrogen) atoms. The molecule has 3 fully saturated rings. The van der Waals surface area contributed by atoms with Gasteiger partial charge in [-0.3, -0.25) is 19.5 Å². The van der Waals surface area contributed by atoms with E-state index in [1.807, 2.05) is 21.9 Å². The number of anilines is 2. The summed E-state index contributed by atoms with van der Waals surface area (Å²) in [4.78, 5) is 30.5. The first-order valence-corrected chi connectivity index (χ1v) is 12.8. The molecule has 3 aliphatic rings. The number of piperidine rings is 1. The molecule has 6 nitrogen and oxygen atoms in total. The van der Waals surface area contributed by atoms with E-state index in [1.165, 1.54) is 43.2 Å². The van der Waals surface area contributed by atoms with E-state index >= 15 is 0 Å². The van der Waals surface area contributed by atoms with Gasteiger partial charge in [0.1, 0.15) is 0 Å². The number of nitrogens with zero attached hydrogens (tertiary/aromatic N) is 3. The van der Waals surface area contributed by atoms with Crippen LogP contribution < -0.4 is 9.80 Å². The molecule has 2 amide bonds. The molecular formula is C28H35N3O3. The van der Waals surface area contributed by atoms with Crippen LogP contribution in [0.5, 0.6) is 0 Å². The smallest absolute Gasteiger partial charge is 0.329 e. The van der Waals surface area contributed by atoms with Crippen LogP contribution in [-0.4, -0.2) is 48.2 Å². The number of urea groups is 1. The Kier molecular flexibility index (Phi) is 6.86. The van der Waals surface area contributed by atoms with Crippen LogP contribution in [-0.2, 0) is 11.3 Å². The molecule has 1 N–H and O–H groups in total. The van der Waals surface area contributed by atoms with E-state index in [0.717, 1.165) is 31.0 Å². The molecule has 1 saturated carbocycles. The zero-order valence-electron chi connectivity index (χ0n) is 19.9. The lowest BCUT2D eigenvalue weighted by Gasteiger charge is -2.30. The summed E-state index contributed by atoms with van der Waals surface area (Å²) in [5.74, 6) is -0.245. The van der Waals surface area contributed by atoms with E-state index in [-0.39, 0.29) is 11.9 Å². The molecule has 0 spiro atoms. The number of carboxylic acid groups (broad SMARTS) is 1. The van der Waals surface area contributed by atoms with Crippen LogP contribution in [0.1, 0.15) is 62.0 Å². The highest BCUT2D eigenvalue weighted by molar-refractivity contribution is 6.06. The molecule has 5 rings (SSSR count). The van der Waals surface area contributed by atoms with Gasteiger partial charge in [-0.1, -0.05) is 43.5 Å². The Labute approximate surface area is 202 Å². The lowest BCUT2D eigenvalue weighted by atomic mass is 9.84. The first-order valence-electron chi connectivity index (χ1n) is 12.8. The second-order valence-corrected chi connectivity index (χ2v) is 10.1. The predicted octanol–water partition coefficient (Wildman–Crippen LogP) is 5.48. The summed E-state index contributed by atoms with van der Waals surface area (Å²) in [5.41, 5.74) is 4.52. The standard InChI is InChI=1S/C28H35N3O3/c32-27(33)23-13-15-29(16-14-23)20-21-9-11-25(12-10-21)30-17-18-31(28(30)34)26-8-4-7-24(19-26)22-5-2-1-3-6-22/h4,7-12,19,22-23H,1-3,5-6,13-18,20H2,(H,32,33). The van der Waals surface area contributed by atoms with E-state index in [4.69, 9.17) is 0 Å². The average Bonchev–Trinajstić information content (AvgIpc) is 3.26. The maximum absolute atomic E-state index is 13.3. The van der Waals surface area contributed by atoms with E-state index in [0.29, 0.717) is 31.8 Å². The number of hydrogen-bond acceptors (Lipinski definition) is 3. The van der Waals surface area contributed by atoms with Crippen molar-refractivity contribution in [2.75, 3.05) is 36.0 Å². The van der Waals surface area contributed by atoms with E-state index in [9.17, 15) is 14.7 Å². The third-order valence-corrected chi connectivity index (χ3v) is 7.86. The van der Waals surface area contributed by atoms with Gasteiger partial charge >= 0.3 is 12.0 Å². The zero-order valence-corrected chi connectivity index (χ0v) is 19.9. The fraction of sp³-hybridized carbons (Fsp3) is 0.500. The fourth-order valence-corrected chi connectivity index (χ4v) is 5.78. The van der Waals surface area contributed by atoms with Gasteiger partial charge in [-0.05, 0) is 80.1 Å². The van der Waals surface area contributed by atoms with E-state index in [2.05, 4.69) is 41.3 Å². The number of carboxylic acids is 1. The third-order valence-electron chi connectivity index (χ3n) is 7.86. The maximum Gasteiger partial charge on any atom is 0.329 e. The van der Waals surface area contributed by atoms with Gasteiger partial charge in [-0.2, -0.15) is 0 Å². The number of amides is 2. The van der Waals surface area contributed by atoms with Crippen LogP contribution in [0.4, 0.5) is 16.2 Å². The Bertz CT molecular complexity index is 1010. The zero-order chi connectivity index (χ0) is 23.5. The van der Waals surface area contributed by atoms with Crippen LogP contribution in [0.3, 0.4) is 0 Å². The molecule has 6 heteroatoms. The molecule has 0 aromatic heterocycles. The van der Waals surface area contributed by atoms with Crippen molar-refractivity contribution < 1.29 is 14.7 Å². The van der Waals surface area contributed by atoms with Crippen LogP contribution in [0.25, 0.3) is 0 Å². The molecule has 2 aromatic rings. The topological polar surface area (TPSA) is 64.1 Å². The van der Waals surface area contributed by atoms with Gasteiger partial charge < -0.3 is 5.11 Å². The largest absolute Gasteiger partial charge is 0.481 e. The first kappa shape index (κ1) is 22.9. The Morgan fingerprint density at radius 1 is 0.824 bits per heavy atom. The average molecular weight is 462 g/mol. The molecular weight excluding hydrogens is 426 g/mol. The van der Waals surface area contributed by atoms with Crippen LogP contribution in [0.15, 0.2) is 48.5 Å². The van der Waals surface area contributed by atoms with Crippen molar-refractivity contribution in [1.29, 1.82) is 0 Å². The number of hydrogen-bond donors (Lipinski definition) is 1. The molecule has 2 aromatic carbocycles. The van der Waals surface area contributed by atoms with Crippen molar-refractivity contribution >= 4 is 23.4 Å². The van der Waals surface area contributed by atoms with Crippen molar-refractivity contribution in [3.05, 3.63) is 59.7 Å². The third kappa shape index (κ3) is 4.97. The molecule has 2 saturated heterocycles. The summed E-state index contributed by atoms with van der Waals surface area (Å²) in [6.07, 6.45) is 7.91. The second kappa shape index (κ2) is 10.2. The number of benzene rings is 2. The number of rotatable bonds is 6. The lowest BCUT2D eigenvalue weighted by Crippen LogP contribution is -2.35. The van der Waals surface area contributed by atoms with Crippen LogP contribution in [0, 0.1) is 5.92 Å². The molecule has 1 aliphatic carbocycles. The van der Waals surface area contributed by atoms with Crippen molar-refractivity contribution in [1.82, 2.24) is 4.90 Å². The van der Waals surface area contributed by atoms with Gasteiger partial charge in [-0.25, -0.2) is 4.79 Å². The molecule has 2 aliphatic heterocycles. The Balaban J connectivity index is 1.20. The summed E-state index contributed by atoms with van der Waals surface area (Å²) in [6.45, 7) is 3.85. The monoisotopic (exact) mass is 461 g/mol. The minimum atomic E-state index is -0.672. The number of likely N-dealkylation sites (tertiary alicyclic amines) is 1. The normalized spacial score (nSPS) is 20.8. The van der Waals surface area contributed by atoms with Crippen molar-refractivity contribution in [2.24, 2.45) is 5.92 Å². The minimum Gasteiger partial charge on any atom is -0.481 e. The van der Waals surface area contributed by atoms with Crippen molar-refractivity contribution in [2.45, 2.75) is 57.4 Å².